The van der Waals surface area contributed by atoms with E-state index < -0.39 is 11.4 Å². The summed E-state index contributed by atoms with van der Waals surface area (Å²) in [5.41, 5.74) is 4.71. The smallest absolute Gasteiger partial charge is 0.314 e. The van der Waals surface area contributed by atoms with Gasteiger partial charge in [-0.3, -0.25) is 9.78 Å². The van der Waals surface area contributed by atoms with Crippen LogP contribution in [0.3, 0.4) is 0 Å². The number of hydrogen-bond donors (Lipinski definition) is 4. The van der Waals surface area contributed by atoms with Gasteiger partial charge in [0.15, 0.2) is 0 Å². The second-order valence-electron chi connectivity index (χ2n) is 9.34. The molecule has 0 spiro atoms. The van der Waals surface area contributed by atoms with Crippen LogP contribution in [-0.4, -0.2) is 34.3 Å². The van der Waals surface area contributed by atoms with Crippen LogP contribution in [0, 0.1) is 11.3 Å². The van der Waals surface area contributed by atoms with E-state index in [1.54, 1.807) is 19.4 Å². The molecule has 7 nitrogen and oxygen atoms in total. The third-order valence-corrected chi connectivity index (χ3v) is 6.34. The number of carboxylic acids is 1. The largest absolute Gasteiger partial charge is 0.481 e. The van der Waals surface area contributed by atoms with Gasteiger partial charge in [-0.2, -0.15) is 0 Å². The molecule has 1 fully saturated rings. The number of benzene rings is 2. The first-order valence-corrected chi connectivity index (χ1v) is 11.8. The molecule has 7 heteroatoms. The van der Waals surface area contributed by atoms with Crippen molar-refractivity contribution < 1.29 is 9.90 Å². The molecule has 0 bridgehead atoms. The lowest BCUT2D eigenvalue weighted by atomic mass is 9.93. The van der Waals surface area contributed by atoms with E-state index >= 15 is 0 Å². The fourth-order valence-electron chi connectivity index (χ4n) is 4.25. The number of rotatable bonds is 10. The third kappa shape index (κ3) is 5.24. The minimum absolute atomic E-state index is 0.484. The molecule has 4 N–H and O–H groups in total. The van der Waals surface area contributed by atoms with Crippen LogP contribution >= 0.6 is 0 Å². The standard InChI is InChI=1S/C28H31N5O2/c1-18(2)14-23-16-31-17-25(32-23)33-26(30-3)24(15-29)21-6-4-19(5-7-21)20-8-10-22(11-9-20)28(12-13-28)27(34)35/h4-11,15-18,29-30H,12-14H2,1-3H3,(H,32,33)(H,34,35)/b26-24-,29-15?. The van der Waals surface area contributed by atoms with E-state index in [0.717, 1.165) is 34.4 Å². The quantitative estimate of drug-likeness (QED) is 0.307. The Balaban J connectivity index is 1.55. The van der Waals surface area contributed by atoms with Gasteiger partial charge in [0, 0.05) is 25.0 Å². The average Bonchev–Trinajstić information content (AvgIpc) is 3.67. The number of nitrogens with zero attached hydrogens (tertiary/aromatic N) is 2. The first-order chi connectivity index (χ1) is 16.9. The highest BCUT2D eigenvalue weighted by Gasteiger charge is 2.51. The summed E-state index contributed by atoms with van der Waals surface area (Å²) in [6, 6.07) is 15.8. The molecule has 1 heterocycles. The Bertz CT molecular complexity index is 1240. The van der Waals surface area contributed by atoms with E-state index in [9.17, 15) is 9.90 Å². The van der Waals surface area contributed by atoms with Crippen LogP contribution in [0.5, 0.6) is 0 Å². The van der Waals surface area contributed by atoms with Crippen molar-refractivity contribution in [2.75, 3.05) is 12.4 Å². The third-order valence-electron chi connectivity index (χ3n) is 6.34. The fourth-order valence-corrected chi connectivity index (χ4v) is 4.25. The number of aromatic nitrogens is 2. The van der Waals surface area contributed by atoms with Crippen molar-refractivity contribution in [3.05, 3.63) is 83.6 Å². The van der Waals surface area contributed by atoms with Crippen molar-refractivity contribution in [3.63, 3.8) is 0 Å². The summed E-state index contributed by atoms with van der Waals surface area (Å²) in [5, 5.41) is 24.0. The average molecular weight is 470 g/mol. The predicted octanol–water partition coefficient (Wildman–Crippen LogP) is 5.11. The number of hydrogen-bond acceptors (Lipinski definition) is 6. The maximum atomic E-state index is 11.6. The van der Waals surface area contributed by atoms with Crippen molar-refractivity contribution in [2.24, 2.45) is 5.92 Å². The van der Waals surface area contributed by atoms with Crippen LogP contribution in [0.2, 0.25) is 0 Å². The number of carbonyl (C=O) groups is 1. The summed E-state index contributed by atoms with van der Waals surface area (Å²) in [5.74, 6) is 1.03. The van der Waals surface area contributed by atoms with Gasteiger partial charge in [0.25, 0.3) is 0 Å². The predicted molar refractivity (Wildman–Crippen MR) is 139 cm³/mol. The van der Waals surface area contributed by atoms with Gasteiger partial charge in [-0.15, -0.1) is 0 Å². The maximum absolute atomic E-state index is 11.6. The second-order valence-corrected chi connectivity index (χ2v) is 9.34. The summed E-state index contributed by atoms with van der Waals surface area (Å²) in [6.45, 7) is 4.29. The molecule has 4 rings (SSSR count). The first-order valence-electron chi connectivity index (χ1n) is 11.8. The topological polar surface area (TPSA) is 111 Å². The number of aliphatic carboxylic acids is 1. The first kappa shape index (κ1) is 24.1. The molecule has 1 saturated carbocycles. The van der Waals surface area contributed by atoms with E-state index in [1.165, 1.54) is 6.21 Å². The van der Waals surface area contributed by atoms with E-state index in [4.69, 9.17) is 5.41 Å². The molecular formula is C28H31N5O2. The molecule has 0 unspecified atom stereocenters. The summed E-state index contributed by atoms with van der Waals surface area (Å²) < 4.78 is 0. The molecule has 0 amide bonds. The van der Waals surface area contributed by atoms with Crippen LogP contribution in [0.15, 0.2) is 66.7 Å². The molecule has 180 valence electrons. The lowest BCUT2D eigenvalue weighted by molar-refractivity contribution is -0.140. The van der Waals surface area contributed by atoms with Gasteiger partial charge < -0.3 is 21.1 Å². The highest BCUT2D eigenvalue weighted by molar-refractivity contribution is 6.10. The summed E-state index contributed by atoms with van der Waals surface area (Å²) in [6.07, 6.45) is 7.01. The zero-order valence-electron chi connectivity index (χ0n) is 20.3. The zero-order valence-corrected chi connectivity index (χ0v) is 20.3. The second kappa shape index (κ2) is 10.1. The molecule has 0 aliphatic heterocycles. The van der Waals surface area contributed by atoms with Gasteiger partial charge in [0.2, 0.25) is 0 Å². The summed E-state index contributed by atoms with van der Waals surface area (Å²) in [7, 11) is 1.80. The van der Waals surface area contributed by atoms with Crippen LogP contribution in [0.1, 0.15) is 43.5 Å². The minimum Gasteiger partial charge on any atom is -0.481 e. The molecule has 2 aromatic carbocycles. The van der Waals surface area contributed by atoms with E-state index in [1.807, 2.05) is 48.5 Å². The highest BCUT2D eigenvalue weighted by Crippen LogP contribution is 2.48. The Morgan fingerprint density at radius 1 is 1.09 bits per heavy atom. The molecular weight excluding hydrogens is 438 g/mol. The molecule has 0 radical (unpaired) electrons. The van der Waals surface area contributed by atoms with Gasteiger partial charge in [-0.25, -0.2) is 4.98 Å². The van der Waals surface area contributed by atoms with Crippen molar-refractivity contribution in [2.45, 2.75) is 38.5 Å². The molecule has 0 saturated heterocycles. The number of allylic oxidation sites excluding steroid dienone is 1. The van der Waals surface area contributed by atoms with Gasteiger partial charge in [0.05, 0.1) is 17.3 Å². The van der Waals surface area contributed by atoms with E-state index in [0.29, 0.717) is 36.0 Å². The Labute approximate surface area is 205 Å². The van der Waals surface area contributed by atoms with E-state index in [2.05, 4.69) is 34.4 Å². The van der Waals surface area contributed by atoms with Gasteiger partial charge in [0.1, 0.15) is 11.6 Å². The lowest BCUT2D eigenvalue weighted by Gasteiger charge is -2.15. The number of anilines is 1. The molecule has 35 heavy (non-hydrogen) atoms. The van der Waals surface area contributed by atoms with Crippen molar-refractivity contribution in [1.29, 1.82) is 5.41 Å². The Kier molecular flexibility index (Phi) is 6.96. The van der Waals surface area contributed by atoms with Gasteiger partial charge >= 0.3 is 5.97 Å². The number of nitrogens with one attached hydrogen (secondary N) is 3. The fraction of sp³-hybridized carbons (Fsp3) is 0.286. The minimum atomic E-state index is -0.743. The van der Waals surface area contributed by atoms with Gasteiger partial charge in [-0.05, 0) is 47.4 Å². The lowest BCUT2D eigenvalue weighted by Crippen LogP contribution is -2.19. The van der Waals surface area contributed by atoms with Crippen LogP contribution in [-0.2, 0) is 16.6 Å². The monoisotopic (exact) mass is 469 g/mol. The van der Waals surface area contributed by atoms with Crippen molar-refractivity contribution in [3.8, 4) is 11.1 Å². The van der Waals surface area contributed by atoms with Gasteiger partial charge in [-0.1, -0.05) is 62.4 Å². The van der Waals surface area contributed by atoms with Crippen LogP contribution < -0.4 is 10.6 Å². The Morgan fingerprint density at radius 3 is 2.23 bits per heavy atom. The zero-order chi connectivity index (χ0) is 25.0. The molecule has 1 aromatic heterocycles. The van der Waals surface area contributed by atoms with Crippen LogP contribution in [0.4, 0.5) is 5.82 Å². The molecule has 1 aliphatic carbocycles. The molecule has 0 atom stereocenters. The maximum Gasteiger partial charge on any atom is 0.314 e. The van der Waals surface area contributed by atoms with Crippen molar-refractivity contribution >= 4 is 23.6 Å². The van der Waals surface area contributed by atoms with E-state index in [-0.39, 0.29) is 0 Å². The van der Waals surface area contributed by atoms with Crippen LogP contribution in [0.25, 0.3) is 16.7 Å². The molecule has 1 aliphatic rings. The Hall–Kier alpha value is -4.00. The normalized spacial score (nSPS) is 14.7. The summed E-state index contributed by atoms with van der Waals surface area (Å²) in [4.78, 5) is 20.5. The van der Waals surface area contributed by atoms with Crippen molar-refractivity contribution in [1.82, 2.24) is 15.3 Å². The number of carboxylic acid groups (broad SMARTS) is 1. The Morgan fingerprint density at radius 2 is 1.71 bits per heavy atom. The molecule has 3 aromatic rings. The summed E-state index contributed by atoms with van der Waals surface area (Å²) >= 11 is 0. The SMILES string of the molecule is CN/C(Nc1cncc(CC(C)C)n1)=C(\C=N)c1ccc(-c2ccc(C3(C(=O)O)CC3)cc2)cc1. The highest BCUT2D eigenvalue weighted by atomic mass is 16.4.